The predicted octanol–water partition coefficient (Wildman–Crippen LogP) is 1.04. The summed E-state index contributed by atoms with van der Waals surface area (Å²) >= 11 is 0. The van der Waals surface area contributed by atoms with E-state index in [4.69, 9.17) is 14.9 Å². The topological polar surface area (TPSA) is 104 Å². The van der Waals surface area contributed by atoms with E-state index >= 15 is 0 Å². The lowest BCUT2D eigenvalue weighted by molar-refractivity contribution is -0.160. The van der Waals surface area contributed by atoms with Crippen molar-refractivity contribution in [1.82, 2.24) is 4.90 Å². The fraction of sp³-hybridized carbons (Fsp3) is 0.357. The van der Waals surface area contributed by atoms with Gasteiger partial charge in [-0.2, -0.15) is 0 Å². The van der Waals surface area contributed by atoms with E-state index in [0.717, 1.165) is 5.56 Å². The molecule has 1 aliphatic rings. The van der Waals surface area contributed by atoms with Gasteiger partial charge in [-0.25, -0.2) is 4.79 Å². The number of carbonyl (C=O) groups excluding carboxylic acids is 1. The molecule has 7 nitrogen and oxygen atoms in total. The number of rotatable bonds is 5. The third-order valence-electron chi connectivity index (χ3n) is 3.38. The zero-order valence-corrected chi connectivity index (χ0v) is 11.1. The summed E-state index contributed by atoms with van der Waals surface area (Å²) in [6.07, 6.45) is -0.565. The summed E-state index contributed by atoms with van der Waals surface area (Å²) in [5.74, 6) is -4.83. The predicted molar refractivity (Wildman–Crippen MR) is 70.5 cm³/mol. The van der Waals surface area contributed by atoms with Crippen LogP contribution < -0.4 is 0 Å². The van der Waals surface area contributed by atoms with Crippen LogP contribution in [0.25, 0.3) is 0 Å². The lowest BCUT2D eigenvalue weighted by Crippen LogP contribution is -2.55. The molecule has 0 aromatic heterocycles. The number of ether oxygens (including phenoxy) is 1. The Kier molecular flexibility index (Phi) is 4.42. The van der Waals surface area contributed by atoms with Crippen LogP contribution in [0.4, 0.5) is 4.79 Å². The van der Waals surface area contributed by atoms with Crippen molar-refractivity contribution in [3.63, 3.8) is 0 Å². The van der Waals surface area contributed by atoms with E-state index in [0.29, 0.717) is 0 Å². The molecule has 1 aliphatic heterocycles. The monoisotopic (exact) mass is 293 g/mol. The number of carboxylic acid groups (broad SMARTS) is 2. The number of aliphatic carboxylic acids is 2. The average Bonchev–Trinajstić information content (AvgIpc) is 2.39. The van der Waals surface area contributed by atoms with Gasteiger partial charge in [0.25, 0.3) is 0 Å². The van der Waals surface area contributed by atoms with Crippen LogP contribution in [0.2, 0.25) is 0 Å². The molecule has 0 unspecified atom stereocenters. The fourth-order valence-electron chi connectivity index (χ4n) is 2.19. The smallest absolute Gasteiger partial charge is 0.410 e. The van der Waals surface area contributed by atoms with Crippen molar-refractivity contribution in [1.29, 1.82) is 0 Å². The zero-order valence-electron chi connectivity index (χ0n) is 11.1. The Morgan fingerprint density at radius 2 is 1.71 bits per heavy atom. The number of carbonyl (C=O) groups is 3. The Morgan fingerprint density at radius 1 is 1.14 bits per heavy atom. The van der Waals surface area contributed by atoms with Crippen LogP contribution in [0.5, 0.6) is 0 Å². The average molecular weight is 293 g/mol. The lowest BCUT2D eigenvalue weighted by atomic mass is 9.86. The first-order valence-electron chi connectivity index (χ1n) is 6.40. The van der Waals surface area contributed by atoms with Crippen LogP contribution in [0.15, 0.2) is 30.3 Å². The van der Waals surface area contributed by atoms with Gasteiger partial charge in [0.1, 0.15) is 6.61 Å². The highest BCUT2D eigenvalue weighted by atomic mass is 16.6. The third kappa shape index (κ3) is 3.50. The highest BCUT2D eigenvalue weighted by molar-refractivity contribution is 5.93. The lowest BCUT2D eigenvalue weighted by Gasteiger charge is -2.39. The first kappa shape index (κ1) is 14.8. The molecule has 0 aliphatic carbocycles. The van der Waals surface area contributed by atoms with E-state index in [2.05, 4.69) is 0 Å². The number of benzene rings is 1. The molecule has 1 amide bonds. The van der Waals surface area contributed by atoms with E-state index in [1.807, 2.05) is 30.3 Å². The third-order valence-corrected chi connectivity index (χ3v) is 3.38. The van der Waals surface area contributed by atoms with E-state index < -0.39 is 29.9 Å². The van der Waals surface area contributed by atoms with Crippen molar-refractivity contribution in [3.8, 4) is 0 Å². The van der Waals surface area contributed by atoms with Gasteiger partial charge < -0.3 is 19.8 Å². The molecule has 0 radical (unpaired) electrons. The molecule has 1 fully saturated rings. The second-order valence-corrected chi connectivity index (χ2v) is 4.86. The van der Waals surface area contributed by atoms with Crippen LogP contribution in [-0.4, -0.2) is 46.2 Å². The molecule has 0 atom stereocenters. The van der Waals surface area contributed by atoms with E-state index in [9.17, 15) is 14.4 Å². The maximum atomic E-state index is 11.7. The quantitative estimate of drug-likeness (QED) is 0.786. The molecule has 1 aromatic carbocycles. The van der Waals surface area contributed by atoms with Crippen LogP contribution in [0.3, 0.4) is 0 Å². The number of hydrogen-bond acceptors (Lipinski definition) is 4. The maximum absolute atomic E-state index is 11.7. The minimum Gasteiger partial charge on any atom is -0.481 e. The molecular formula is C14H15NO6. The van der Waals surface area contributed by atoms with Crippen LogP contribution in [0, 0.1) is 11.8 Å². The summed E-state index contributed by atoms with van der Waals surface area (Å²) in [5, 5.41) is 17.7. The van der Waals surface area contributed by atoms with Gasteiger partial charge in [0.2, 0.25) is 0 Å². The summed E-state index contributed by atoms with van der Waals surface area (Å²) in [4.78, 5) is 34.7. The van der Waals surface area contributed by atoms with Crippen molar-refractivity contribution < 1.29 is 29.3 Å². The summed E-state index contributed by atoms with van der Waals surface area (Å²) in [6.45, 7) is 0.288. The molecular weight excluding hydrogens is 278 g/mol. The second-order valence-electron chi connectivity index (χ2n) is 4.86. The van der Waals surface area contributed by atoms with Gasteiger partial charge in [0.15, 0.2) is 5.92 Å². The van der Waals surface area contributed by atoms with Gasteiger partial charge >= 0.3 is 18.0 Å². The highest BCUT2D eigenvalue weighted by Gasteiger charge is 2.44. The van der Waals surface area contributed by atoms with E-state index in [-0.39, 0.29) is 19.7 Å². The van der Waals surface area contributed by atoms with E-state index in [1.54, 1.807) is 0 Å². The number of carboxylic acids is 2. The zero-order chi connectivity index (χ0) is 15.4. The first-order valence-corrected chi connectivity index (χ1v) is 6.40. The van der Waals surface area contributed by atoms with Gasteiger partial charge in [0, 0.05) is 19.0 Å². The van der Waals surface area contributed by atoms with Gasteiger partial charge in [-0.3, -0.25) is 9.59 Å². The minimum atomic E-state index is -1.48. The van der Waals surface area contributed by atoms with Crippen molar-refractivity contribution in [3.05, 3.63) is 35.9 Å². The second kappa shape index (κ2) is 6.25. The molecule has 7 heteroatoms. The molecule has 2 rings (SSSR count). The van der Waals surface area contributed by atoms with Crippen LogP contribution >= 0.6 is 0 Å². The number of hydrogen-bond donors (Lipinski definition) is 2. The van der Waals surface area contributed by atoms with Crippen molar-refractivity contribution in [2.45, 2.75) is 6.61 Å². The van der Waals surface area contributed by atoms with Gasteiger partial charge in [0.05, 0.1) is 0 Å². The molecule has 2 N–H and O–H groups in total. The number of nitrogens with zero attached hydrogens (tertiary/aromatic N) is 1. The summed E-state index contributed by atoms with van der Waals surface area (Å²) < 4.78 is 5.07. The molecule has 0 saturated carbocycles. The minimum absolute atomic E-state index is 0.0802. The van der Waals surface area contributed by atoms with Crippen molar-refractivity contribution in [2.75, 3.05) is 13.1 Å². The largest absolute Gasteiger partial charge is 0.481 e. The Hall–Kier alpha value is -2.57. The molecule has 0 bridgehead atoms. The van der Waals surface area contributed by atoms with Gasteiger partial charge in [-0.1, -0.05) is 30.3 Å². The standard InChI is InChI=1S/C14H15NO6/c16-12(17)11(13(18)19)10-6-15(7-10)14(20)21-8-9-4-2-1-3-5-9/h1-5,10-11H,6-8H2,(H,16,17)(H,18,19). The van der Waals surface area contributed by atoms with Crippen LogP contribution in [0.1, 0.15) is 5.56 Å². The van der Waals surface area contributed by atoms with Gasteiger partial charge in [-0.15, -0.1) is 0 Å². The van der Waals surface area contributed by atoms with Crippen molar-refractivity contribution >= 4 is 18.0 Å². The van der Waals surface area contributed by atoms with Crippen LogP contribution in [-0.2, 0) is 20.9 Å². The molecule has 1 aromatic rings. The Bertz CT molecular complexity index is 524. The number of likely N-dealkylation sites (tertiary alicyclic amines) is 1. The Balaban J connectivity index is 1.80. The van der Waals surface area contributed by atoms with Gasteiger partial charge in [-0.05, 0) is 5.56 Å². The highest BCUT2D eigenvalue weighted by Crippen LogP contribution is 2.25. The Labute approximate surface area is 120 Å². The molecule has 21 heavy (non-hydrogen) atoms. The first-order chi connectivity index (χ1) is 9.99. The molecule has 112 valence electrons. The SMILES string of the molecule is O=C(O)C(C(=O)O)C1CN(C(=O)OCc2ccccc2)C1. The number of amides is 1. The molecule has 1 saturated heterocycles. The maximum Gasteiger partial charge on any atom is 0.410 e. The Morgan fingerprint density at radius 3 is 2.24 bits per heavy atom. The molecule has 1 heterocycles. The summed E-state index contributed by atoms with van der Waals surface area (Å²) in [7, 11) is 0. The van der Waals surface area contributed by atoms with E-state index in [1.165, 1.54) is 4.90 Å². The fourth-order valence-corrected chi connectivity index (χ4v) is 2.19. The summed E-state index contributed by atoms with van der Waals surface area (Å²) in [5.41, 5.74) is 0.844. The summed E-state index contributed by atoms with van der Waals surface area (Å²) in [6, 6.07) is 9.14. The molecule has 0 spiro atoms. The van der Waals surface area contributed by atoms with Crippen molar-refractivity contribution in [2.24, 2.45) is 11.8 Å². The normalized spacial score (nSPS) is 14.6.